The van der Waals surface area contributed by atoms with Gasteiger partial charge in [-0.2, -0.15) is 0 Å². The molecule has 0 radical (unpaired) electrons. The van der Waals surface area contributed by atoms with E-state index in [1.165, 1.54) is 0 Å². The number of carbonyl (C=O) groups is 1. The Hall–Kier alpha value is -2.45. The number of nitrogens with one attached hydrogen (secondary N) is 2. The van der Waals surface area contributed by atoms with Crippen LogP contribution in [-0.4, -0.2) is 58.5 Å². The molecule has 0 bridgehead atoms. The summed E-state index contributed by atoms with van der Waals surface area (Å²) in [5, 5.41) is 2.85. The minimum absolute atomic E-state index is 0.0398. The van der Waals surface area contributed by atoms with Gasteiger partial charge < -0.3 is 15.2 Å². The van der Waals surface area contributed by atoms with Gasteiger partial charge in [0.25, 0.3) is 0 Å². The van der Waals surface area contributed by atoms with Gasteiger partial charge in [-0.3, -0.25) is 9.69 Å². The van der Waals surface area contributed by atoms with Crippen LogP contribution in [0.3, 0.4) is 0 Å². The van der Waals surface area contributed by atoms with Gasteiger partial charge in [0, 0.05) is 36.8 Å². The first kappa shape index (κ1) is 17.9. The predicted octanol–water partition coefficient (Wildman–Crippen LogP) is 2.87. The van der Waals surface area contributed by atoms with Gasteiger partial charge in [0.2, 0.25) is 11.9 Å². The second-order valence-corrected chi connectivity index (χ2v) is 7.52. The highest BCUT2D eigenvalue weighted by Crippen LogP contribution is 2.18. The molecule has 1 fully saturated rings. The molecule has 1 amide bonds. The average Bonchev–Trinajstić information content (AvgIpc) is 2.96. The van der Waals surface area contributed by atoms with Crippen LogP contribution in [0.15, 0.2) is 47.1 Å². The van der Waals surface area contributed by atoms with Crippen molar-refractivity contribution in [1.82, 2.24) is 19.9 Å². The van der Waals surface area contributed by atoms with Crippen molar-refractivity contribution >= 4 is 44.6 Å². The van der Waals surface area contributed by atoms with Crippen LogP contribution < -0.4 is 10.2 Å². The maximum Gasteiger partial charge on any atom is 0.239 e. The van der Waals surface area contributed by atoms with Crippen molar-refractivity contribution in [3.05, 3.63) is 47.1 Å². The number of pyridine rings is 1. The van der Waals surface area contributed by atoms with Crippen molar-refractivity contribution < 1.29 is 4.79 Å². The number of hydrogen-bond donors (Lipinski definition) is 2. The Morgan fingerprint density at radius 1 is 1.15 bits per heavy atom. The molecule has 2 aromatic heterocycles. The van der Waals surface area contributed by atoms with Crippen molar-refractivity contribution in [1.29, 1.82) is 0 Å². The van der Waals surface area contributed by atoms with E-state index in [1.54, 1.807) is 12.3 Å². The Labute approximate surface area is 165 Å². The molecule has 0 aliphatic carbocycles. The number of nitrogens with zero attached hydrogens (tertiary/aromatic N) is 4. The molecule has 140 valence electrons. The summed E-state index contributed by atoms with van der Waals surface area (Å²) >= 11 is 3.34. The second kappa shape index (κ2) is 8.06. The average molecular weight is 429 g/mol. The number of hydrogen-bond acceptors (Lipinski definition) is 5. The normalized spacial score (nSPS) is 15.7. The number of para-hydroxylation sites is 2. The maximum absolute atomic E-state index is 12.3. The van der Waals surface area contributed by atoms with Gasteiger partial charge in [-0.15, -0.1) is 0 Å². The number of amides is 1. The van der Waals surface area contributed by atoms with Gasteiger partial charge in [0.1, 0.15) is 5.82 Å². The molecule has 1 aliphatic heterocycles. The lowest BCUT2D eigenvalue weighted by atomic mass is 10.3. The molecule has 0 spiro atoms. The number of H-pyrrole nitrogens is 1. The van der Waals surface area contributed by atoms with Gasteiger partial charge >= 0.3 is 0 Å². The smallest absolute Gasteiger partial charge is 0.239 e. The number of anilines is 2. The molecule has 1 aromatic carbocycles. The molecule has 0 atom stereocenters. The van der Waals surface area contributed by atoms with Crippen molar-refractivity contribution in [3.63, 3.8) is 0 Å². The minimum Gasteiger partial charge on any atom is -0.341 e. The summed E-state index contributed by atoms with van der Waals surface area (Å²) in [6.07, 6.45) is 2.66. The summed E-state index contributed by atoms with van der Waals surface area (Å²) in [5.41, 5.74) is 2.03. The molecule has 2 N–H and O–H groups in total. The summed E-state index contributed by atoms with van der Waals surface area (Å²) < 4.78 is 0.888. The lowest BCUT2D eigenvalue weighted by Gasteiger charge is -2.21. The number of aromatic nitrogens is 3. The molecule has 1 saturated heterocycles. The number of halogens is 1. The third-order valence-corrected chi connectivity index (χ3v) is 5.10. The first-order valence-electron chi connectivity index (χ1n) is 9.01. The van der Waals surface area contributed by atoms with Crippen LogP contribution >= 0.6 is 15.9 Å². The molecule has 0 saturated carbocycles. The molecule has 0 unspecified atom stereocenters. The number of carbonyl (C=O) groups excluding carboxylic acids is 1. The fourth-order valence-corrected chi connectivity index (χ4v) is 3.50. The van der Waals surface area contributed by atoms with Crippen molar-refractivity contribution in [2.75, 3.05) is 42.9 Å². The van der Waals surface area contributed by atoms with Gasteiger partial charge in [-0.05, 0) is 46.6 Å². The second-order valence-electron chi connectivity index (χ2n) is 6.60. The van der Waals surface area contributed by atoms with E-state index in [9.17, 15) is 4.79 Å². The van der Waals surface area contributed by atoms with Gasteiger partial charge in [-0.25, -0.2) is 9.97 Å². The van der Waals surface area contributed by atoms with Crippen LogP contribution in [0.5, 0.6) is 0 Å². The van der Waals surface area contributed by atoms with E-state index in [0.717, 1.165) is 54.1 Å². The molecule has 4 rings (SSSR count). The maximum atomic E-state index is 12.3. The Morgan fingerprint density at radius 3 is 2.85 bits per heavy atom. The molecular formula is C19H21BrN6O. The Kier molecular flexibility index (Phi) is 5.35. The van der Waals surface area contributed by atoms with Gasteiger partial charge in [0.05, 0.1) is 17.6 Å². The van der Waals surface area contributed by atoms with E-state index in [-0.39, 0.29) is 5.91 Å². The monoisotopic (exact) mass is 428 g/mol. The molecular weight excluding hydrogens is 408 g/mol. The van der Waals surface area contributed by atoms with E-state index in [1.807, 2.05) is 30.3 Å². The van der Waals surface area contributed by atoms with Crippen molar-refractivity contribution in [2.45, 2.75) is 6.42 Å². The number of benzene rings is 1. The SMILES string of the molecule is O=C(CN1CCCN(c2nc3ccccc3[nH]2)CC1)Nc1ccc(Br)cn1. The number of rotatable bonds is 4. The first-order chi connectivity index (χ1) is 13.2. The topological polar surface area (TPSA) is 77.2 Å². The highest BCUT2D eigenvalue weighted by Gasteiger charge is 2.19. The molecule has 3 heterocycles. The highest BCUT2D eigenvalue weighted by molar-refractivity contribution is 9.10. The van der Waals surface area contributed by atoms with Crippen LogP contribution in [0.25, 0.3) is 11.0 Å². The molecule has 1 aliphatic rings. The number of fused-ring (bicyclic) bond motifs is 1. The zero-order valence-corrected chi connectivity index (χ0v) is 16.4. The third-order valence-electron chi connectivity index (χ3n) is 4.63. The fourth-order valence-electron chi connectivity index (χ4n) is 3.27. The standard InChI is InChI=1S/C19H21BrN6O/c20-14-6-7-17(21-12-14)24-18(27)13-25-8-3-9-26(11-10-25)19-22-15-4-1-2-5-16(15)23-19/h1-2,4-7,12H,3,8-11,13H2,(H,22,23)(H,21,24,27). The predicted molar refractivity (Wildman–Crippen MR) is 110 cm³/mol. The summed E-state index contributed by atoms with van der Waals surface area (Å²) in [4.78, 5) is 29.0. The van der Waals surface area contributed by atoms with E-state index in [4.69, 9.17) is 0 Å². The lowest BCUT2D eigenvalue weighted by molar-refractivity contribution is -0.117. The van der Waals surface area contributed by atoms with E-state index < -0.39 is 0 Å². The first-order valence-corrected chi connectivity index (χ1v) is 9.80. The molecule has 8 heteroatoms. The third kappa shape index (κ3) is 4.45. The summed E-state index contributed by atoms with van der Waals surface area (Å²) in [5.74, 6) is 1.44. The minimum atomic E-state index is -0.0398. The lowest BCUT2D eigenvalue weighted by Crippen LogP contribution is -2.36. The van der Waals surface area contributed by atoms with Crippen LogP contribution in [0.2, 0.25) is 0 Å². The van der Waals surface area contributed by atoms with Gasteiger partial charge in [0.15, 0.2) is 0 Å². The van der Waals surface area contributed by atoms with E-state index in [2.05, 4.69) is 46.0 Å². The highest BCUT2D eigenvalue weighted by atomic mass is 79.9. The fraction of sp³-hybridized carbons (Fsp3) is 0.316. The van der Waals surface area contributed by atoms with Crippen LogP contribution in [0.1, 0.15) is 6.42 Å². The quantitative estimate of drug-likeness (QED) is 0.667. The zero-order chi connectivity index (χ0) is 18.6. The van der Waals surface area contributed by atoms with Crippen molar-refractivity contribution in [2.24, 2.45) is 0 Å². The number of aromatic amines is 1. The summed E-state index contributed by atoms with van der Waals surface area (Å²) in [7, 11) is 0. The Bertz CT molecular complexity index is 892. The van der Waals surface area contributed by atoms with E-state index >= 15 is 0 Å². The van der Waals surface area contributed by atoms with Crippen LogP contribution in [0.4, 0.5) is 11.8 Å². The zero-order valence-electron chi connectivity index (χ0n) is 14.9. The van der Waals surface area contributed by atoms with E-state index in [0.29, 0.717) is 12.4 Å². The van der Waals surface area contributed by atoms with Crippen molar-refractivity contribution in [3.8, 4) is 0 Å². The summed E-state index contributed by atoms with van der Waals surface area (Å²) in [6.45, 7) is 3.83. The van der Waals surface area contributed by atoms with Crippen LogP contribution in [0, 0.1) is 0 Å². The largest absolute Gasteiger partial charge is 0.341 e. The van der Waals surface area contributed by atoms with Gasteiger partial charge in [-0.1, -0.05) is 12.1 Å². The molecule has 3 aromatic rings. The molecule has 27 heavy (non-hydrogen) atoms. The Balaban J connectivity index is 1.34. The number of imidazole rings is 1. The molecule has 7 nitrogen and oxygen atoms in total. The van der Waals surface area contributed by atoms with Crippen LogP contribution in [-0.2, 0) is 4.79 Å². The summed E-state index contributed by atoms with van der Waals surface area (Å²) in [6, 6.07) is 11.7. The Morgan fingerprint density at radius 2 is 2.04 bits per heavy atom.